The van der Waals surface area contributed by atoms with Gasteiger partial charge in [-0.3, -0.25) is 0 Å². The van der Waals surface area contributed by atoms with Gasteiger partial charge in [-0.25, -0.2) is 0 Å². The first-order chi connectivity index (χ1) is 25.7. The van der Waals surface area contributed by atoms with Gasteiger partial charge in [0, 0.05) is 33.5 Å². The van der Waals surface area contributed by atoms with Crippen LogP contribution < -0.4 is 9.80 Å². The number of hydrogen-bond acceptors (Lipinski definition) is 2. The maximum absolute atomic E-state index is 2.43. The summed E-state index contributed by atoms with van der Waals surface area (Å²) >= 11 is 0. The molecule has 0 aliphatic rings. The van der Waals surface area contributed by atoms with Crippen molar-refractivity contribution >= 4 is 66.4 Å². The van der Waals surface area contributed by atoms with Gasteiger partial charge >= 0.3 is 0 Å². The van der Waals surface area contributed by atoms with Gasteiger partial charge in [0.2, 0.25) is 0 Å². The Labute approximate surface area is 308 Å². The van der Waals surface area contributed by atoms with Crippen molar-refractivity contribution in [3.8, 4) is 0 Å². The van der Waals surface area contributed by atoms with Gasteiger partial charge in [-0.05, 0) is 119 Å². The fraction of sp³-hybridized carbons (Fsp3) is 0.160. The van der Waals surface area contributed by atoms with Crippen LogP contribution in [0.4, 0.5) is 34.1 Å². The highest BCUT2D eigenvalue weighted by molar-refractivity contribution is 6.24. The van der Waals surface area contributed by atoms with Gasteiger partial charge in [-0.2, -0.15) is 0 Å². The molecule has 2 heteroatoms. The van der Waals surface area contributed by atoms with E-state index in [9.17, 15) is 0 Å². The fourth-order valence-electron chi connectivity index (χ4n) is 7.68. The molecule has 0 aromatic heterocycles. The Kier molecular flexibility index (Phi) is 9.71. The number of benzene rings is 8. The van der Waals surface area contributed by atoms with Crippen molar-refractivity contribution in [1.82, 2.24) is 0 Å². The third-order valence-corrected chi connectivity index (χ3v) is 10.4. The van der Waals surface area contributed by atoms with Crippen LogP contribution in [-0.4, -0.2) is 0 Å². The summed E-state index contributed by atoms with van der Waals surface area (Å²) in [5.74, 6) is 0. The zero-order valence-corrected chi connectivity index (χ0v) is 30.3. The highest BCUT2D eigenvalue weighted by atomic mass is 15.1. The average molecular weight is 675 g/mol. The molecule has 256 valence electrons. The number of para-hydroxylation sites is 2. The number of hydrogen-bond donors (Lipinski definition) is 0. The molecule has 0 unspecified atom stereocenters. The van der Waals surface area contributed by atoms with Crippen molar-refractivity contribution in [1.29, 1.82) is 0 Å². The maximum Gasteiger partial charge on any atom is 0.0546 e. The Morgan fingerprint density at radius 2 is 0.654 bits per heavy atom. The monoisotopic (exact) mass is 674 g/mol. The van der Waals surface area contributed by atoms with Crippen LogP contribution >= 0.6 is 0 Å². The van der Waals surface area contributed by atoms with E-state index in [-0.39, 0.29) is 0 Å². The summed E-state index contributed by atoms with van der Waals surface area (Å²) in [6, 6.07) is 62.8. The summed E-state index contributed by atoms with van der Waals surface area (Å²) in [5, 5.41) is 7.42. The van der Waals surface area contributed by atoms with Gasteiger partial charge in [-0.1, -0.05) is 136 Å². The fourth-order valence-corrected chi connectivity index (χ4v) is 7.68. The number of rotatable bonds is 12. The number of fused-ring (bicyclic) bond motifs is 5. The lowest BCUT2D eigenvalue weighted by molar-refractivity contribution is 0.795. The highest BCUT2D eigenvalue weighted by Gasteiger charge is 2.22. The van der Waals surface area contributed by atoms with Gasteiger partial charge in [0.15, 0.2) is 0 Å². The summed E-state index contributed by atoms with van der Waals surface area (Å²) in [6.45, 7) is 4.52. The molecule has 0 radical (unpaired) electrons. The van der Waals surface area contributed by atoms with Crippen LogP contribution in [0.25, 0.3) is 32.3 Å². The summed E-state index contributed by atoms with van der Waals surface area (Å²) < 4.78 is 0. The van der Waals surface area contributed by atoms with Gasteiger partial charge in [0.05, 0.1) is 11.4 Å². The average Bonchev–Trinajstić information content (AvgIpc) is 3.21. The predicted molar refractivity (Wildman–Crippen MR) is 226 cm³/mol. The second-order valence-corrected chi connectivity index (χ2v) is 13.9. The van der Waals surface area contributed by atoms with Crippen molar-refractivity contribution in [2.24, 2.45) is 0 Å². The van der Waals surface area contributed by atoms with Crippen LogP contribution in [-0.2, 0) is 12.8 Å². The molecule has 0 atom stereocenters. The van der Waals surface area contributed by atoms with Crippen molar-refractivity contribution in [3.05, 3.63) is 181 Å². The van der Waals surface area contributed by atoms with E-state index in [1.807, 2.05) is 0 Å². The van der Waals surface area contributed by atoms with Crippen LogP contribution in [0.3, 0.4) is 0 Å². The Bertz CT molecular complexity index is 2240. The van der Waals surface area contributed by atoms with E-state index in [1.54, 1.807) is 0 Å². The van der Waals surface area contributed by atoms with E-state index >= 15 is 0 Å². The highest BCUT2D eigenvalue weighted by Crippen LogP contribution is 2.47. The van der Waals surface area contributed by atoms with Crippen LogP contribution in [0.2, 0.25) is 0 Å². The molecule has 0 bridgehead atoms. The Hall–Kier alpha value is -5.86. The van der Waals surface area contributed by atoms with E-state index in [1.165, 1.54) is 80.5 Å². The molecule has 8 aromatic carbocycles. The molecule has 0 aliphatic heterocycles. The smallest absolute Gasteiger partial charge is 0.0546 e. The lowest BCUT2D eigenvalue weighted by Gasteiger charge is -2.30. The molecule has 0 saturated heterocycles. The van der Waals surface area contributed by atoms with Crippen molar-refractivity contribution in [3.63, 3.8) is 0 Å². The molecule has 8 rings (SSSR count). The lowest BCUT2D eigenvalue weighted by atomic mass is 9.93. The lowest BCUT2D eigenvalue weighted by Crippen LogP contribution is -2.12. The van der Waals surface area contributed by atoms with Gasteiger partial charge in [0.1, 0.15) is 0 Å². The number of nitrogens with zero attached hydrogens (tertiary/aromatic N) is 2. The first kappa shape index (κ1) is 33.3. The van der Waals surface area contributed by atoms with Crippen molar-refractivity contribution in [2.45, 2.75) is 52.4 Å². The number of anilines is 6. The Morgan fingerprint density at radius 1 is 0.327 bits per heavy atom. The zero-order valence-electron chi connectivity index (χ0n) is 30.3. The van der Waals surface area contributed by atoms with Crippen molar-refractivity contribution < 1.29 is 0 Å². The van der Waals surface area contributed by atoms with Gasteiger partial charge < -0.3 is 9.80 Å². The predicted octanol–water partition coefficient (Wildman–Crippen LogP) is 14.8. The van der Waals surface area contributed by atoms with Crippen molar-refractivity contribution in [2.75, 3.05) is 9.80 Å². The molecule has 2 nitrogen and oxygen atoms in total. The minimum Gasteiger partial charge on any atom is -0.310 e. The van der Waals surface area contributed by atoms with E-state index in [4.69, 9.17) is 0 Å². The molecule has 0 N–H and O–H groups in total. The maximum atomic E-state index is 2.43. The van der Waals surface area contributed by atoms with Gasteiger partial charge in [-0.15, -0.1) is 0 Å². The molecule has 0 spiro atoms. The normalized spacial score (nSPS) is 11.3. The molecule has 0 heterocycles. The second-order valence-electron chi connectivity index (χ2n) is 13.9. The second kappa shape index (κ2) is 15.2. The standard InChI is InChI=1S/C50H46N2/c1-3-5-17-37-27-31-41(32-28-37)51(39-19-9-7-10-20-39)49-35-47-44-24-14-16-26-46(44)50(36-48(47)43-23-13-15-25-45(43)49)52(40-21-11-8-12-22-40)42-33-29-38(30-34-42)18-6-4-2/h7-16,19-36H,3-6,17-18H2,1-2H3. The molecule has 8 aromatic rings. The minimum absolute atomic E-state index is 1.11. The van der Waals surface area contributed by atoms with Crippen LogP contribution in [0.15, 0.2) is 170 Å². The Morgan fingerprint density at radius 3 is 1.02 bits per heavy atom. The molecular weight excluding hydrogens is 629 g/mol. The van der Waals surface area contributed by atoms with E-state index in [2.05, 4.69) is 194 Å². The largest absolute Gasteiger partial charge is 0.310 e. The number of aryl methyl sites for hydroxylation is 2. The molecular formula is C50H46N2. The van der Waals surface area contributed by atoms with E-state index in [0.29, 0.717) is 0 Å². The molecule has 0 aliphatic carbocycles. The first-order valence-corrected chi connectivity index (χ1v) is 19.0. The van der Waals surface area contributed by atoms with E-state index < -0.39 is 0 Å². The third kappa shape index (κ3) is 6.53. The summed E-state index contributed by atoms with van der Waals surface area (Å²) in [7, 11) is 0. The topological polar surface area (TPSA) is 6.48 Å². The molecule has 52 heavy (non-hydrogen) atoms. The summed E-state index contributed by atoms with van der Waals surface area (Å²) in [5.41, 5.74) is 9.74. The zero-order chi connectivity index (χ0) is 35.3. The number of unbranched alkanes of at least 4 members (excludes halogenated alkanes) is 2. The summed E-state index contributed by atoms with van der Waals surface area (Å²) in [4.78, 5) is 4.87. The van der Waals surface area contributed by atoms with Crippen LogP contribution in [0.1, 0.15) is 50.7 Å². The quantitative estimate of drug-likeness (QED) is 0.119. The molecule has 0 fully saturated rings. The summed E-state index contributed by atoms with van der Waals surface area (Å²) in [6.07, 6.45) is 7.03. The van der Waals surface area contributed by atoms with Gasteiger partial charge in [0.25, 0.3) is 0 Å². The van der Waals surface area contributed by atoms with Crippen LogP contribution in [0, 0.1) is 0 Å². The molecule has 0 amide bonds. The molecule has 0 saturated carbocycles. The SMILES string of the molecule is CCCCc1ccc(N(c2ccccc2)c2cc3c4ccccc4c(N(c4ccccc4)c4ccc(CCCC)cc4)cc3c3ccccc23)cc1. The third-order valence-electron chi connectivity index (χ3n) is 10.4. The van der Waals surface area contributed by atoms with Crippen LogP contribution in [0.5, 0.6) is 0 Å². The minimum atomic E-state index is 1.11. The Balaban J connectivity index is 1.37. The first-order valence-electron chi connectivity index (χ1n) is 19.0. The van der Waals surface area contributed by atoms with E-state index in [0.717, 1.165) is 35.6 Å².